The second-order valence-corrected chi connectivity index (χ2v) is 11.7. The SMILES string of the molecule is CN(C)c1cncc(-c2cc3c(-c4cc5c(-c6cc(F)cc(CNS(C)(=O)=O)c6)cccc5[nH]4)n[nH]c3cn2)c1. The van der Waals surface area contributed by atoms with Gasteiger partial charge < -0.3 is 9.88 Å². The van der Waals surface area contributed by atoms with E-state index in [2.05, 4.69) is 29.9 Å². The molecule has 11 heteroatoms. The minimum absolute atomic E-state index is 0.000551. The summed E-state index contributed by atoms with van der Waals surface area (Å²) >= 11 is 0. The van der Waals surface area contributed by atoms with Crippen LogP contribution in [0.5, 0.6) is 0 Å². The second-order valence-electron chi connectivity index (χ2n) is 9.90. The molecule has 6 rings (SSSR count). The molecule has 2 aromatic carbocycles. The zero-order valence-corrected chi connectivity index (χ0v) is 22.8. The van der Waals surface area contributed by atoms with Crippen LogP contribution in [0.3, 0.4) is 0 Å². The van der Waals surface area contributed by atoms with Crippen molar-refractivity contribution in [2.75, 3.05) is 25.3 Å². The number of fused-ring (bicyclic) bond motifs is 2. The number of H-pyrrole nitrogens is 2. The summed E-state index contributed by atoms with van der Waals surface area (Å²) in [5.74, 6) is -0.443. The van der Waals surface area contributed by atoms with Crippen molar-refractivity contribution in [3.63, 3.8) is 0 Å². The highest BCUT2D eigenvalue weighted by Gasteiger charge is 2.16. The Kier molecular flexibility index (Phi) is 6.32. The molecular weight excluding hydrogens is 529 g/mol. The van der Waals surface area contributed by atoms with Gasteiger partial charge in [0.25, 0.3) is 0 Å². The summed E-state index contributed by atoms with van der Waals surface area (Å²) < 4.78 is 40.1. The number of nitrogens with zero attached hydrogens (tertiary/aromatic N) is 4. The molecule has 9 nitrogen and oxygen atoms in total. The Morgan fingerprint density at radius 3 is 2.60 bits per heavy atom. The number of nitrogens with one attached hydrogen (secondary N) is 3. The summed E-state index contributed by atoms with van der Waals surface area (Å²) in [4.78, 5) is 14.4. The Morgan fingerprint density at radius 1 is 0.950 bits per heavy atom. The molecule has 0 aliphatic heterocycles. The monoisotopic (exact) mass is 555 g/mol. The molecule has 0 saturated heterocycles. The number of benzene rings is 2. The van der Waals surface area contributed by atoms with Gasteiger partial charge in [-0.3, -0.25) is 15.1 Å². The van der Waals surface area contributed by atoms with Crippen molar-refractivity contribution in [2.24, 2.45) is 0 Å². The molecule has 202 valence electrons. The van der Waals surface area contributed by atoms with Crippen molar-refractivity contribution in [3.05, 3.63) is 84.6 Å². The first-order chi connectivity index (χ1) is 19.1. The van der Waals surface area contributed by atoms with Crippen molar-refractivity contribution in [3.8, 4) is 33.8 Å². The molecule has 4 aromatic heterocycles. The molecular formula is C29H26FN7O2S. The van der Waals surface area contributed by atoms with Gasteiger partial charge in [0.2, 0.25) is 10.0 Å². The lowest BCUT2D eigenvalue weighted by Gasteiger charge is -2.12. The lowest BCUT2D eigenvalue weighted by Crippen LogP contribution is -2.21. The molecule has 4 heterocycles. The minimum Gasteiger partial charge on any atom is -0.376 e. The summed E-state index contributed by atoms with van der Waals surface area (Å²) in [7, 11) is 0.519. The van der Waals surface area contributed by atoms with E-state index in [4.69, 9.17) is 0 Å². The molecule has 0 spiro atoms. The van der Waals surface area contributed by atoms with Crippen LogP contribution in [0.2, 0.25) is 0 Å². The maximum Gasteiger partial charge on any atom is 0.209 e. The molecule has 0 fully saturated rings. The first-order valence-corrected chi connectivity index (χ1v) is 14.4. The maximum atomic E-state index is 14.6. The number of halogens is 1. The predicted octanol–water partition coefficient (Wildman–Crippen LogP) is 5.09. The number of aromatic amines is 2. The summed E-state index contributed by atoms with van der Waals surface area (Å²) in [5, 5.41) is 9.42. The summed E-state index contributed by atoms with van der Waals surface area (Å²) in [6.45, 7) is 0.000551. The van der Waals surface area contributed by atoms with Crippen LogP contribution in [0.15, 0.2) is 73.2 Å². The normalized spacial score (nSPS) is 11.9. The Hall–Kier alpha value is -4.61. The number of hydrogen-bond donors (Lipinski definition) is 3. The van der Waals surface area contributed by atoms with Crippen LogP contribution < -0.4 is 9.62 Å². The quantitative estimate of drug-likeness (QED) is 0.253. The topological polar surface area (TPSA) is 120 Å². The summed E-state index contributed by atoms with van der Waals surface area (Å²) in [6, 6.07) is 16.4. The molecule has 0 radical (unpaired) electrons. The Bertz CT molecular complexity index is 2000. The van der Waals surface area contributed by atoms with Crippen molar-refractivity contribution >= 4 is 37.5 Å². The third kappa shape index (κ3) is 5.04. The van der Waals surface area contributed by atoms with Gasteiger partial charge in [0, 0.05) is 48.7 Å². The zero-order valence-electron chi connectivity index (χ0n) is 22.0. The van der Waals surface area contributed by atoms with E-state index in [1.807, 2.05) is 55.4 Å². The Balaban J connectivity index is 1.42. The largest absolute Gasteiger partial charge is 0.376 e. The van der Waals surface area contributed by atoms with Gasteiger partial charge in [-0.1, -0.05) is 12.1 Å². The number of sulfonamides is 1. The average molecular weight is 556 g/mol. The summed E-state index contributed by atoms with van der Waals surface area (Å²) in [5.41, 5.74) is 7.81. The third-order valence-electron chi connectivity index (χ3n) is 6.71. The van der Waals surface area contributed by atoms with Gasteiger partial charge in [-0.05, 0) is 59.2 Å². The van der Waals surface area contributed by atoms with Gasteiger partial charge in [0.1, 0.15) is 11.5 Å². The Morgan fingerprint density at radius 2 is 1.80 bits per heavy atom. The smallest absolute Gasteiger partial charge is 0.209 e. The standard InChI is InChI=1S/C29H26FN7O2S/c1-37(2)21-10-19(14-31-15-21)26-12-24-28(16-32-26)35-36-29(24)27-11-23-22(5-4-6-25(23)34-27)18-7-17(8-20(30)9-18)13-33-40(3,38)39/h4-12,14-16,33-34H,13H2,1-3H3,(H,35,36). The van der Waals surface area contributed by atoms with E-state index in [9.17, 15) is 12.8 Å². The fourth-order valence-corrected chi connectivity index (χ4v) is 5.18. The van der Waals surface area contributed by atoms with Crippen molar-refractivity contribution in [1.29, 1.82) is 0 Å². The van der Waals surface area contributed by atoms with Gasteiger partial charge in [-0.15, -0.1) is 0 Å². The molecule has 0 aliphatic carbocycles. The Labute approximate surface area is 230 Å². The van der Waals surface area contributed by atoms with Gasteiger partial charge in [0.05, 0.1) is 41.2 Å². The molecule has 0 bridgehead atoms. The summed E-state index contributed by atoms with van der Waals surface area (Å²) in [6.07, 6.45) is 6.42. The van der Waals surface area contributed by atoms with E-state index in [-0.39, 0.29) is 6.54 Å². The van der Waals surface area contributed by atoms with Crippen LogP contribution in [0, 0.1) is 5.82 Å². The maximum absolute atomic E-state index is 14.6. The van der Waals surface area contributed by atoms with Crippen LogP contribution in [-0.2, 0) is 16.6 Å². The van der Waals surface area contributed by atoms with Crippen LogP contribution in [0.1, 0.15) is 5.56 Å². The van der Waals surface area contributed by atoms with E-state index in [1.165, 1.54) is 12.1 Å². The van der Waals surface area contributed by atoms with Gasteiger partial charge >= 0.3 is 0 Å². The molecule has 40 heavy (non-hydrogen) atoms. The number of rotatable bonds is 7. The van der Waals surface area contributed by atoms with Gasteiger partial charge in [-0.25, -0.2) is 17.5 Å². The minimum atomic E-state index is -3.41. The highest BCUT2D eigenvalue weighted by Crippen LogP contribution is 2.35. The van der Waals surface area contributed by atoms with E-state index in [0.29, 0.717) is 11.1 Å². The molecule has 0 atom stereocenters. The highest BCUT2D eigenvalue weighted by molar-refractivity contribution is 7.88. The molecule has 0 saturated carbocycles. The van der Waals surface area contributed by atoms with E-state index in [0.717, 1.165) is 62.0 Å². The van der Waals surface area contributed by atoms with E-state index < -0.39 is 15.8 Å². The highest BCUT2D eigenvalue weighted by atomic mass is 32.2. The zero-order chi connectivity index (χ0) is 28.0. The van der Waals surface area contributed by atoms with Crippen LogP contribution >= 0.6 is 0 Å². The van der Waals surface area contributed by atoms with Gasteiger partial charge in [0.15, 0.2) is 0 Å². The fraction of sp³-hybridized carbons (Fsp3) is 0.138. The van der Waals surface area contributed by atoms with Crippen molar-refractivity contribution < 1.29 is 12.8 Å². The number of pyridine rings is 2. The van der Waals surface area contributed by atoms with E-state index >= 15 is 0 Å². The first kappa shape index (κ1) is 25.7. The third-order valence-corrected chi connectivity index (χ3v) is 7.38. The van der Waals surface area contributed by atoms with Gasteiger partial charge in [-0.2, -0.15) is 5.10 Å². The average Bonchev–Trinajstić information content (AvgIpc) is 3.55. The number of hydrogen-bond acceptors (Lipinski definition) is 6. The number of anilines is 1. The second kappa shape index (κ2) is 9.85. The van der Waals surface area contributed by atoms with E-state index in [1.54, 1.807) is 24.7 Å². The van der Waals surface area contributed by atoms with Crippen molar-refractivity contribution in [2.45, 2.75) is 6.54 Å². The van der Waals surface area contributed by atoms with Crippen molar-refractivity contribution in [1.82, 2.24) is 29.9 Å². The lowest BCUT2D eigenvalue weighted by atomic mass is 9.99. The predicted molar refractivity (Wildman–Crippen MR) is 156 cm³/mol. The molecule has 0 amide bonds. The molecule has 0 aliphatic rings. The fourth-order valence-electron chi connectivity index (χ4n) is 4.75. The molecule has 3 N–H and O–H groups in total. The molecule has 0 unspecified atom stereocenters. The van der Waals surface area contributed by atoms with Crippen LogP contribution in [-0.4, -0.2) is 53.9 Å². The lowest BCUT2D eigenvalue weighted by molar-refractivity contribution is 0.586. The van der Waals surface area contributed by atoms with Crippen LogP contribution in [0.25, 0.3) is 55.6 Å². The van der Waals surface area contributed by atoms with Crippen LogP contribution in [0.4, 0.5) is 10.1 Å². The number of aromatic nitrogens is 5. The molecule has 6 aromatic rings. The first-order valence-electron chi connectivity index (χ1n) is 12.5.